The van der Waals surface area contributed by atoms with E-state index in [0.29, 0.717) is 0 Å². The number of aryl methyl sites for hydroxylation is 3. The molecule has 0 saturated carbocycles. The highest BCUT2D eigenvalue weighted by atomic mass is 16.3. The van der Waals surface area contributed by atoms with Gasteiger partial charge < -0.3 is 9.40 Å². The lowest BCUT2D eigenvalue weighted by Crippen LogP contribution is -1.74. The standard InChI is InChI=1S/C10H11N.C9H8O.C2H6/c1-7-4-3-5-9-6-8(2)11-10(7)9;1-7-6-8-4-2-3-5-9(8)10-7;1-2/h3-6,11H,1-2H3;2-6H,1H3;1-2H3. The minimum atomic E-state index is 0.972. The van der Waals surface area contributed by atoms with Crippen LogP contribution in [0.5, 0.6) is 0 Å². The van der Waals surface area contributed by atoms with Crippen LogP contribution in [0.2, 0.25) is 0 Å². The molecule has 2 aromatic carbocycles. The van der Waals surface area contributed by atoms with Crippen LogP contribution in [-0.4, -0.2) is 4.98 Å². The molecule has 0 saturated heterocycles. The molecule has 2 heteroatoms. The van der Waals surface area contributed by atoms with E-state index in [1.54, 1.807) is 0 Å². The molecule has 0 fully saturated rings. The van der Waals surface area contributed by atoms with Crippen molar-refractivity contribution >= 4 is 21.9 Å². The van der Waals surface area contributed by atoms with Crippen LogP contribution in [0.3, 0.4) is 0 Å². The molecule has 0 bridgehead atoms. The van der Waals surface area contributed by atoms with Crippen LogP contribution in [0, 0.1) is 20.8 Å². The largest absolute Gasteiger partial charge is 0.461 e. The van der Waals surface area contributed by atoms with E-state index in [9.17, 15) is 0 Å². The lowest BCUT2D eigenvalue weighted by Gasteiger charge is -1.92. The van der Waals surface area contributed by atoms with Crippen molar-refractivity contribution in [3.8, 4) is 0 Å². The number of nitrogens with one attached hydrogen (secondary N) is 1. The fourth-order valence-corrected chi connectivity index (χ4v) is 2.56. The molecule has 1 N–H and O–H groups in total. The zero-order valence-corrected chi connectivity index (χ0v) is 14.6. The number of hydrogen-bond acceptors (Lipinski definition) is 1. The molecule has 0 spiro atoms. The number of rotatable bonds is 0. The SMILES string of the molecule is CC.Cc1cc2cccc(C)c2[nH]1.Cc1cc2ccccc2o1. The second-order valence-corrected chi connectivity index (χ2v) is 5.39. The Kier molecular flexibility index (Phi) is 5.64. The van der Waals surface area contributed by atoms with E-state index in [0.717, 1.165) is 11.3 Å². The van der Waals surface area contributed by atoms with Crippen molar-refractivity contribution in [3.05, 3.63) is 71.6 Å². The summed E-state index contributed by atoms with van der Waals surface area (Å²) in [6.07, 6.45) is 0. The van der Waals surface area contributed by atoms with E-state index in [-0.39, 0.29) is 0 Å². The molecule has 0 amide bonds. The second kappa shape index (κ2) is 7.68. The Bertz CT molecular complexity index is 850. The predicted octanol–water partition coefficient (Wildman–Crippen LogP) is 6.55. The van der Waals surface area contributed by atoms with Gasteiger partial charge in [-0.05, 0) is 49.9 Å². The average molecular weight is 307 g/mol. The number of para-hydroxylation sites is 2. The molecule has 0 aliphatic carbocycles. The molecule has 0 radical (unpaired) electrons. The highest BCUT2D eigenvalue weighted by Gasteiger charge is 1.97. The van der Waals surface area contributed by atoms with Gasteiger partial charge in [-0.1, -0.05) is 50.2 Å². The van der Waals surface area contributed by atoms with Gasteiger partial charge in [-0.3, -0.25) is 0 Å². The number of benzene rings is 2. The van der Waals surface area contributed by atoms with Gasteiger partial charge in [0.25, 0.3) is 0 Å². The van der Waals surface area contributed by atoms with Crippen LogP contribution < -0.4 is 0 Å². The third-order valence-corrected chi connectivity index (χ3v) is 3.55. The van der Waals surface area contributed by atoms with Crippen molar-refractivity contribution in [1.29, 1.82) is 0 Å². The average Bonchev–Trinajstić information content (AvgIpc) is 3.11. The number of aromatic nitrogens is 1. The van der Waals surface area contributed by atoms with Gasteiger partial charge in [0.15, 0.2) is 0 Å². The molecule has 4 rings (SSSR count). The minimum Gasteiger partial charge on any atom is -0.461 e. The summed E-state index contributed by atoms with van der Waals surface area (Å²) in [6.45, 7) is 10.2. The highest BCUT2D eigenvalue weighted by molar-refractivity contribution is 5.83. The molecular weight excluding hydrogens is 282 g/mol. The molecule has 4 aromatic rings. The summed E-state index contributed by atoms with van der Waals surface area (Å²) in [4.78, 5) is 3.33. The quantitative estimate of drug-likeness (QED) is 0.392. The summed E-state index contributed by atoms with van der Waals surface area (Å²) < 4.78 is 5.37. The summed E-state index contributed by atoms with van der Waals surface area (Å²) >= 11 is 0. The molecule has 2 heterocycles. The summed E-state index contributed by atoms with van der Waals surface area (Å²) in [6, 6.07) is 18.6. The minimum absolute atomic E-state index is 0.972. The van der Waals surface area contributed by atoms with E-state index in [1.165, 1.54) is 27.5 Å². The van der Waals surface area contributed by atoms with E-state index in [2.05, 4.69) is 43.1 Å². The van der Waals surface area contributed by atoms with E-state index < -0.39 is 0 Å². The van der Waals surface area contributed by atoms with Gasteiger partial charge in [0.05, 0.1) is 0 Å². The Hall–Kier alpha value is -2.48. The summed E-state index contributed by atoms with van der Waals surface area (Å²) in [7, 11) is 0. The summed E-state index contributed by atoms with van der Waals surface area (Å²) in [5, 5.41) is 2.49. The smallest absolute Gasteiger partial charge is 0.134 e. The fourth-order valence-electron chi connectivity index (χ4n) is 2.56. The molecule has 2 aromatic heterocycles. The lowest BCUT2D eigenvalue weighted by atomic mass is 10.2. The molecular formula is C21H25NO. The van der Waals surface area contributed by atoms with Gasteiger partial charge in [0, 0.05) is 16.6 Å². The molecule has 0 aliphatic rings. The van der Waals surface area contributed by atoms with Crippen LogP contribution in [0.15, 0.2) is 59.0 Å². The zero-order chi connectivity index (χ0) is 16.8. The monoisotopic (exact) mass is 307 g/mol. The first kappa shape index (κ1) is 16.9. The Morgan fingerprint density at radius 3 is 2.17 bits per heavy atom. The number of H-pyrrole nitrogens is 1. The number of aromatic amines is 1. The Morgan fingerprint density at radius 1 is 0.783 bits per heavy atom. The molecule has 2 nitrogen and oxygen atoms in total. The Labute approximate surface area is 138 Å². The van der Waals surface area contributed by atoms with Crippen LogP contribution in [0.1, 0.15) is 30.9 Å². The van der Waals surface area contributed by atoms with Crippen LogP contribution >= 0.6 is 0 Å². The maximum atomic E-state index is 5.37. The van der Waals surface area contributed by atoms with Crippen LogP contribution in [0.4, 0.5) is 0 Å². The molecule has 0 atom stereocenters. The predicted molar refractivity (Wildman–Crippen MR) is 100 cm³/mol. The number of fused-ring (bicyclic) bond motifs is 2. The van der Waals surface area contributed by atoms with Gasteiger partial charge in [-0.15, -0.1) is 0 Å². The molecule has 120 valence electrons. The van der Waals surface area contributed by atoms with E-state index >= 15 is 0 Å². The first-order valence-corrected chi connectivity index (χ1v) is 8.13. The van der Waals surface area contributed by atoms with Crippen molar-refractivity contribution in [3.63, 3.8) is 0 Å². The topological polar surface area (TPSA) is 28.9 Å². The lowest BCUT2D eigenvalue weighted by molar-refractivity contribution is 0.578. The third-order valence-electron chi connectivity index (χ3n) is 3.55. The number of furan rings is 1. The van der Waals surface area contributed by atoms with E-state index in [1.807, 2.05) is 51.1 Å². The van der Waals surface area contributed by atoms with Crippen molar-refractivity contribution in [1.82, 2.24) is 4.98 Å². The molecule has 0 unspecified atom stereocenters. The van der Waals surface area contributed by atoms with Gasteiger partial charge >= 0.3 is 0 Å². The van der Waals surface area contributed by atoms with Gasteiger partial charge in [-0.25, -0.2) is 0 Å². The number of hydrogen-bond donors (Lipinski definition) is 1. The Balaban J connectivity index is 0.000000152. The van der Waals surface area contributed by atoms with Crippen molar-refractivity contribution < 1.29 is 4.42 Å². The Morgan fingerprint density at radius 2 is 1.48 bits per heavy atom. The molecule has 23 heavy (non-hydrogen) atoms. The van der Waals surface area contributed by atoms with Crippen LogP contribution in [-0.2, 0) is 0 Å². The highest BCUT2D eigenvalue weighted by Crippen LogP contribution is 2.18. The molecule has 0 aliphatic heterocycles. The first-order chi connectivity index (χ1) is 11.1. The third kappa shape index (κ3) is 4.04. The normalized spacial score (nSPS) is 9.96. The summed E-state index contributed by atoms with van der Waals surface area (Å²) in [5.74, 6) is 0.973. The van der Waals surface area contributed by atoms with Gasteiger partial charge in [-0.2, -0.15) is 0 Å². The fraction of sp³-hybridized carbons (Fsp3) is 0.238. The second-order valence-electron chi connectivity index (χ2n) is 5.39. The maximum absolute atomic E-state index is 5.37. The summed E-state index contributed by atoms with van der Waals surface area (Å²) in [5.41, 5.74) is 4.79. The van der Waals surface area contributed by atoms with Crippen molar-refractivity contribution in [2.45, 2.75) is 34.6 Å². The van der Waals surface area contributed by atoms with Crippen molar-refractivity contribution in [2.75, 3.05) is 0 Å². The van der Waals surface area contributed by atoms with Gasteiger partial charge in [0.2, 0.25) is 0 Å². The maximum Gasteiger partial charge on any atom is 0.134 e. The zero-order valence-electron chi connectivity index (χ0n) is 14.6. The van der Waals surface area contributed by atoms with E-state index in [4.69, 9.17) is 4.42 Å². The van der Waals surface area contributed by atoms with Crippen molar-refractivity contribution in [2.24, 2.45) is 0 Å². The van der Waals surface area contributed by atoms with Crippen LogP contribution in [0.25, 0.3) is 21.9 Å². The first-order valence-electron chi connectivity index (χ1n) is 8.13. The van der Waals surface area contributed by atoms with Gasteiger partial charge in [0.1, 0.15) is 11.3 Å².